The van der Waals surface area contributed by atoms with Gasteiger partial charge in [0.15, 0.2) is 5.16 Å². The van der Waals surface area contributed by atoms with E-state index in [2.05, 4.69) is 10.2 Å². The average molecular weight is 308 g/mol. The molecule has 6 nitrogen and oxygen atoms in total. The summed E-state index contributed by atoms with van der Waals surface area (Å²) in [6.07, 6.45) is 0.944. The molecule has 1 aromatic heterocycles. The van der Waals surface area contributed by atoms with E-state index in [1.54, 1.807) is 10.6 Å². The molecule has 0 saturated carbocycles. The molecule has 1 aromatic carbocycles. The minimum atomic E-state index is -0.193. The topological polar surface area (TPSA) is 85.9 Å². The van der Waals surface area contributed by atoms with Gasteiger partial charge in [-0.2, -0.15) is 0 Å². The van der Waals surface area contributed by atoms with Crippen LogP contribution in [0.15, 0.2) is 33.0 Å². The van der Waals surface area contributed by atoms with Crippen LogP contribution in [0.5, 0.6) is 5.75 Å². The Morgan fingerprint density at radius 3 is 2.86 bits per heavy atom. The number of nitrogens with one attached hydrogen (secondary N) is 1. The van der Waals surface area contributed by atoms with Crippen LogP contribution >= 0.6 is 11.8 Å². The van der Waals surface area contributed by atoms with E-state index in [4.69, 9.17) is 10.5 Å². The Morgan fingerprint density at radius 2 is 2.19 bits per heavy atom. The van der Waals surface area contributed by atoms with Gasteiger partial charge in [0.05, 0.1) is 6.10 Å². The molecule has 2 aromatic rings. The highest BCUT2D eigenvalue weighted by Crippen LogP contribution is 2.31. The second-order valence-electron chi connectivity index (χ2n) is 4.97. The number of nitrogens with two attached hydrogens (primary N) is 1. The van der Waals surface area contributed by atoms with Crippen LogP contribution in [0.4, 0.5) is 5.69 Å². The van der Waals surface area contributed by atoms with E-state index < -0.39 is 0 Å². The van der Waals surface area contributed by atoms with Crippen LogP contribution in [0.2, 0.25) is 0 Å². The van der Waals surface area contributed by atoms with Gasteiger partial charge >= 0.3 is 5.69 Å². The first-order chi connectivity index (χ1) is 9.99. The number of H-pyrrole nitrogens is 1. The Balaban J connectivity index is 2.27. The van der Waals surface area contributed by atoms with Gasteiger partial charge in [-0.15, -0.1) is 5.10 Å². The molecule has 114 valence electrons. The van der Waals surface area contributed by atoms with E-state index in [0.29, 0.717) is 23.1 Å². The number of aromatic nitrogens is 3. The summed E-state index contributed by atoms with van der Waals surface area (Å²) < 4.78 is 7.29. The van der Waals surface area contributed by atoms with Crippen molar-refractivity contribution in [1.82, 2.24) is 14.8 Å². The molecule has 0 radical (unpaired) electrons. The number of anilines is 1. The van der Waals surface area contributed by atoms with Gasteiger partial charge in [0.25, 0.3) is 0 Å². The summed E-state index contributed by atoms with van der Waals surface area (Å²) in [4.78, 5) is 12.6. The van der Waals surface area contributed by atoms with Crippen LogP contribution in [0.25, 0.3) is 0 Å². The summed E-state index contributed by atoms with van der Waals surface area (Å²) in [5.41, 5.74) is 6.33. The Labute approximate surface area is 127 Å². The van der Waals surface area contributed by atoms with Gasteiger partial charge in [-0.1, -0.05) is 6.92 Å². The quantitative estimate of drug-likeness (QED) is 0.801. The van der Waals surface area contributed by atoms with Gasteiger partial charge in [0, 0.05) is 23.2 Å². The maximum atomic E-state index is 11.7. The van der Waals surface area contributed by atoms with Crippen LogP contribution in [0.3, 0.4) is 0 Å². The van der Waals surface area contributed by atoms with Crippen LogP contribution in [0.1, 0.15) is 27.2 Å². The lowest BCUT2D eigenvalue weighted by Gasteiger charge is -2.12. The van der Waals surface area contributed by atoms with E-state index in [1.807, 2.05) is 32.9 Å². The Bertz CT molecular complexity index is 663. The molecule has 1 heterocycles. The molecule has 0 bridgehead atoms. The molecular weight excluding hydrogens is 288 g/mol. The average Bonchev–Trinajstić information content (AvgIpc) is 2.70. The SMILES string of the molecule is CCCn1c(Sc2cc(N)cc(OC(C)C)c2)n[nH]c1=O. The van der Waals surface area contributed by atoms with Gasteiger partial charge in [-0.3, -0.25) is 4.57 Å². The maximum absolute atomic E-state index is 11.7. The minimum Gasteiger partial charge on any atom is -0.491 e. The highest BCUT2D eigenvalue weighted by atomic mass is 32.2. The van der Waals surface area contributed by atoms with Gasteiger partial charge in [0.2, 0.25) is 0 Å². The molecule has 0 aliphatic carbocycles. The summed E-state index contributed by atoms with van der Waals surface area (Å²) in [7, 11) is 0. The first-order valence-electron chi connectivity index (χ1n) is 6.90. The van der Waals surface area contributed by atoms with Crippen LogP contribution < -0.4 is 16.2 Å². The number of nitrogens with zero attached hydrogens (tertiary/aromatic N) is 2. The molecule has 0 unspecified atom stereocenters. The minimum absolute atomic E-state index is 0.0771. The zero-order valence-electron chi connectivity index (χ0n) is 12.4. The van der Waals surface area contributed by atoms with Gasteiger partial charge in [0.1, 0.15) is 5.75 Å². The molecule has 0 atom stereocenters. The number of aromatic amines is 1. The smallest absolute Gasteiger partial charge is 0.343 e. The van der Waals surface area contributed by atoms with Crippen molar-refractivity contribution in [1.29, 1.82) is 0 Å². The second kappa shape index (κ2) is 6.71. The zero-order valence-corrected chi connectivity index (χ0v) is 13.2. The number of rotatable bonds is 6. The van der Waals surface area contributed by atoms with Crippen molar-refractivity contribution in [2.45, 2.75) is 49.9 Å². The fourth-order valence-corrected chi connectivity index (χ4v) is 2.86. The third-order valence-electron chi connectivity index (χ3n) is 2.65. The standard InChI is InChI=1S/C14H20N4O2S/c1-4-5-18-13(19)16-17-14(18)21-12-7-10(15)6-11(8-12)20-9(2)3/h6-9H,4-5,15H2,1-3H3,(H,16,19). The van der Waals surface area contributed by atoms with Crippen LogP contribution in [-0.4, -0.2) is 20.9 Å². The molecular formula is C14H20N4O2S. The fraction of sp³-hybridized carbons (Fsp3) is 0.429. The monoisotopic (exact) mass is 308 g/mol. The predicted octanol–water partition coefficient (Wildman–Crippen LogP) is 2.50. The van der Waals surface area contributed by atoms with E-state index >= 15 is 0 Å². The zero-order chi connectivity index (χ0) is 15.4. The number of benzene rings is 1. The lowest BCUT2D eigenvalue weighted by Crippen LogP contribution is -2.17. The largest absolute Gasteiger partial charge is 0.491 e. The van der Waals surface area contributed by atoms with E-state index in [0.717, 1.165) is 11.3 Å². The van der Waals surface area contributed by atoms with Gasteiger partial charge < -0.3 is 10.5 Å². The first-order valence-corrected chi connectivity index (χ1v) is 7.71. The number of hydrogen-bond donors (Lipinski definition) is 2. The molecule has 0 saturated heterocycles. The third-order valence-corrected chi connectivity index (χ3v) is 3.62. The normalized spacial score (nSPS) is 11.0. The van der Waals surface area contributed by atoms with E-state index in [9.17, 15) is 4.79 Å². The molecule has 0 spiro atoms. The molecule has 0 aliphatic heterocycles. The number of nitrogen functional groups attached to an aromatic ring is 1. The Morgan fingerprint density at radius 1 is 1.43 bits per heavy atom. The highest BCUT2D eigenvalue weighted by Gasteiger charge is 2.11. The van der Waals surface area contributed by atoms with Crippen molar-refractivity contribution in [2.75, 3.05) is 5.73 Å². The van der Waals surface area contributed by atoms with Crippen molar-refractivity contribution in [3.63, 3.8) is 0 Å². The first kappa shape index (κ1) is 15.5. The number of hydrogen-bond acceptors (Lipinski definition) is 5. The fourth-order valence-electron chi connectivity index (χ4n) is 1.90. The molecule has 21 heavy (non-hydrogen) atoms. The van der Waals surface area contributed by atoms with E-state index in [-0.39, 0.29) is 11.8 Å². The predicted molar refractivity (Wildman–Crippen MR) is 83.9 cm³/mol. The summed E-state index contributed by atoms with van der Waals surface area (Å²) in [5, 5.41) is 7.16. The van der Waals surface area contributed by atoms with Crippen molar-refractivity contribution in [3.8, 4) is 5.75 Å². The summed E-state index contributed by atoms with van der Waals surface area (Å²) in [5.74, 6) is 0.715. The lowest BCUT2D eigenvalue weighted by atomic mass is 10.3. The molecule has 3 N–H and O–H groups in total. The van der Waals surface area contributed by atoms with Crippen LogP contribution in [0, 0.1) is 0 Å². The Kier molecular flexibility index (Phi) is 4.95. The lowest BCUT2D eigenvalue weighted by molar-refractivity contribution is 0.242. The molecule has 0 aliphatic rings. The van der Waals surface area contributed by atoms with Crippen molar-refractivity contribution in [2.24, 2.45) is 0 Å². The van der Waals surface area contributed by atoms with Crippen molar-refractivity contribution >= 4 is 17.4 Å². The summed E-state index contributed by atoms with van der Waals surface area (Å²) in [6, 6.07) is 5.53. The molecule has 7 heteroatoms. The third kappa shape index (κ3) is 4.04. The van der Waals surface area contributed by atoms with Gasteiger partial charge in [-0.05, 0) is 44.2 Å². The van der Waals surface area contributed by atoms with Crippen molar-refractivity contribution in [3.05, 3.63) is 28.7 Å². The summed E-state index contributed by atoms with van der Waals surface area (Å²) >= 11 is 1.39. The van der Waals surface area contributed by atoms with Crippen LogP contribution in [-0.2, 0) is 6.54 Å². The Hall–Kier alpha value is -1.89. The molecule has 2 rings (SSSR count). The molecule has 0 fully saturated rings. The maximum Gasteiger partial charge on any atom is 0.343 e. The number of ether oxygens (including phenoxy) is 1. The summed E-state index contributed by atoms with van der Waals surface area (Å²) in [6.45, 7) is 6.57. The highest BCUT2D eigenvalue weighted by molar-refractivity contribution is 7.99. The van der Waals surface area contributed by atoms with Gasteiger partial charge in [-0.25, -0.2) is 9.89 Å². The van der Waals surface area contributed by atoms with E-state index in [1.165, 1.54) is 11.8 Å². The molecule has 0 amide bonds. The van der Waals surface area contributed by atoms with Crippen molar-refractivity contribution < 1.29 is 4.74 Å². The second-order valence-corrected chi connectivity index (χ2v) is 6.01.